The molecule has 1 aliphatic heterocycles. The zero-order valence-corrected chi connectivity index (χ0v) is 17.9. The van der Waals surface area contributed by atoms with Crippen LogP contribution in [-0.4, -0.2) is 30.1 Å². The molecule has 0 unspecified atom stereocenters. The second kappa shape index (κ2) is 10.3. The summed E-state index contributed by atoms with van der Waals surface area (Å²) in [6, 6.07) is 28.5. The molecule has 3 aromatic rings. The highest BCUT2D eigenvalue weighted by molar-refractivity contribution is 5.77. The Kier molecular flexibility index (Phi) is 7.00. The van der Waals surface area contributed by atoms with Gasteiger partial charge >= 0.3 is 0 Å². The molecule has 31 heavy (non-hydrogen) atoms. The Morgan fingerprint density at radius 2 is 1.48 bits per heavy atom. The summed E-state index contributed by atoms with van der Waals surface area (Å²) in [5, 5.41) is 0. The minimum Gasteiger partial charge on any atom is -0.497 e. The van der Waals surface area contributed by atoms with Crippen LogP contribution in [0.25, 0.3) is 0 Å². The van der Waals surface area contributed by atoms with Crippen molar-refractivity contribution in [1.29, 1.82) is 0 Å². The molecule has 4 heteroatoms. The summed E-state index contributed by atoms with van der Waals surface area (Å²) < 4.78 is 11.7. The Labute approximate surface area is 184 Å². The Morgan fingerprint density at radius 3 is 2.13 bits per heavy atom. The van der Waals surface area contributed by atoms with Crippen LogP contribution < -0.4 is 4.74 Å². The zero-order valence-electron chi connectivity index (χ0n) is 17.9. The van der Waals surface area contributed by atoms with Gasteiger partial charge in [-0.15, -0.1) is 0 Å². The number of carbonyl (C=O) groups is 1. The average molecular weight is 416 g/mol. The van der Waals surface area contributed by atoms with E-state index in [0.29, 0.717) is 19.6 Å². The van der Waals surface area contributed by atoms with Crippen LogP contribution in [0.3, 0.4) is 0 Å². The second-order valence-corrected chi connectivity index (χ2v) is 8.00. The minimum atomic E-state index is -0.00513. The molecule has 0 aliphatic carbocycles. The first-order valence-corrected chi connectivity index (χ1v) is 10.8. The molecule has 1 fully saturated rings. The van der Waals surface area contributed by atoms with Gasteiger partial charge in [0.25, 0.3) is 0 Å². The van der Waals surface area contributed by atoms with Crippen LogP contribution in [0.4, 0.5) is 0 Å². The van der Waals surface area contributed by atoms with Crippen LogP contribution in [0.2, 0.25) is 0 Å². The molecule has 4 rings (SSSR count). The second-order valence-electron chi connectivity index (χ2n) is 8.00. The molecule has 0 spiro atoms. The Morgan fingerprint density at radius 1 is 0.839 bits per heavy atom. The van der Waals surface area contributed by atoms with Gasteiger partial charge in [0.15, 0.2) is 0 Å². The van der Waals surface area contributed by atoms with Gasteiger partial charge in [0.1, 0.15) is 5.75 Å². The number of rotatable bonds is 8. The summed E-state index contributed by atoms with van der Waals surface area (Å²) in [5.41, 5.74) is 3.46. The van der Waals surface area contributed by atoms with E-state index in [1.807, 2.05) is 65.6 Å². The number of ether oxygens (including phenoxy) is 2. The molecule has 2 atom stereocenters. The zero-order chi connectivity index (χ0) is 21.5. The highest BCUT2D eigenvalue weighted by Gasteiger charge is 2.36. The lowest BCUT2D eigenvalue weighted by Gasteiger charge is -2.41. The molecule has 1 aliphatic rings. The van der Waals surface area contributed by atoms with Crippen molar-refractivity contribution in [3.05, 3.63) is 102 Å². The van der Waals surface area contributed by atoms with Gasteiger partial charge in [-0.1, -0.05) is 72.8 Å². The summed E-state index contributed by atoms with van der Waals surface area (Å²) in [4.78, 5) is 15.0. The van der Waals surface area contributed by atoms with Crippen LogP contribution in [-0.2, 0) is 29.1 Å². The highest BCUT2D eigenvalue weighted by atomic mass is 16.5. The van der Waals surface area contributed by atoms with Crippen molar-refractivity contribution >= 4 is 5.91 Å². The van der Waals surface area contributed by atoms with Gasteiger partial charge in [-0.3, -0.25) is 4.79 Å². The van der Waals surface area contributed by atoms with Gasteiger partial charge < -0.3 is 14.4 Å². The smallest absolute Gasteiger partial charge is 0.223 e. The predicted molar refractivity (Wildman–Crippen MR) is 122 cm³/mol. The maximum absolute atomic E-state index is 13.0. The van der Waals surface area contributed by atoms with Crippen molar-refractivity contribution in [3.8, 4) is 5.75 Å². The molecular formula is C27H29NO3. The number of methoxy groups -OCH3 is 1. The number of amides is 1. The van der Waals surface area contributed by atoms with E-state index in [1.165, 1.54) is 5.56 Å². The van der Waals surface area contributed by atoms with E-state index >= 15 is 0 Å². The van der Waals surface area contributed by atoms with Crippen LogP contribution in [0.15, 0.2) is 84.9 Å². The Balaban J connectivity index is 1.55. The first-order valence-electron chi connectivity index (χ1n) is 10.8. The summed E-state index contributed by atoms with van der Waals surface area (Å²) in [6.07, 6.45) is 2.04. The van der Waals surface area contributed by atoms with Crippen LogP contribution in [0.5, 0.6) is 5.75 Å². The first kappa shape index (κ1) is 21.1. The van der Waals surface area contributed by atoms with Crippen LogP contribution >= 0.6 is 0 Å². The van der Waals surface area contributed by atoms with Crippen molar-refractivity contribution in [2.75, 3.05) is 7.11 Å². The van der Waals surface area contributed by atoms with Gasteiger partial charge in [0.2, 0.25) is 5.91 Å². The third-order valence-corrected chi connectivity index (χ3v) is 5.90. The quantitative estimate of drug-likeness (QED) is 0.519. The van der Waals surface area contributed by atoms with E-state index in [2.05, 4.69) is 24.3 Å². The third-order valence-electron chi connectivity index (χ3n) is 5.90. The maximum atomic E-state index is 13.0. The first-order chi connectivity index (χ1) is 15.2. The molecule has 0 saturated carbocycles. The van der Waals surface area contributed by atoms with E-state index in [-0.39, 0.29) is 18.1 Å². The standard InChI is InChI=1S/C27H29NO3/c1-30-24-14-12-22(13-15-24)19-28-25(18-21-8-4-2-5-9-21)26(16-17-27(28)29)31-20-23-10-6-3-7-11-23/h2-15,25-26H,16-20H2,1H3/t25-,26+/m1/s1. The van der Waals surface area contributed by atoms with Crippen molar-refractivity contribution in [2.45, 2.75) is 44.6 Å². The summed E-state index contributed by atoms with van der Waals surface area (Å²) in [6.45, 7) is 1.13. The molecule has 1 heterocycles. The highest BCUT2D eigenvalue weighted by Crippen LogP contribution is 2.28. The van der Waals surface area contributed by atoms with Gasteiger partial charge in [-0.2, -0.15) is 0 Å². The summed E-state index contributed by atoms with van der Waals surface area (Å²) >= 11 is 0. The predicted octanol–water partition coefficient (Wildman–Crippen LogP) is 5.01. The average Bonchev–Trinajstić information content (AvgIpc) is 2.82. The number of carbonyl (C=O) groups excluding carboxylic acids is 1. The van der Waals surface area contributed by atoms with E-state index in [4.69, 9.17) is 9.47 Å². The Bertz CT molecular complexity index is 957. The topological polar surface area (TPSA) is 38.8 Å². The number of benzene rings is 3. The van der Waals surface area contributed by atoms with Gasteiger partial charge in [-0.05, 0) is 41.7 Å². The molecule has 3 aromatic carbocycles. The summed E-state index contributed by atoms with van der Waals surface area (Å²) in [7, 11) is 1.66. The van der Waals surface area contributed by atoms with Gasteiger partial charge in [0.05, 0.1) is 25.9 Å². The molecule has 1 saturated heterocycles. The lowest BCUT2D eigenvalue weighted by molar-refractivity contribution is -0.146. The molecule has 160 valence electrons. The molecule has 0 radical (unpaired) electrons. The Hall–Kier alpha value is -3.11. The monoisotopic (exact) mass is 415 g/mol. The fourth-order valence-electron chi connectivity index (χ4n) is 4.19. The minimum absolute atomic E-state index is 0.00337. The SMILES string of the molecule is COc1ccc(CN2C(=O)CC[C@H](OCc3ccccc3)[C@H]2Cc2ccccc2)cc1. The lowest BCUT2D eigenvalue weighted by Crippen LogP contribution is -2.52. The van der Waals surface area contributed by atoms with Crippen molar-refractivity contribution in [1.82, 2.24) is 4.90 Å². The van der Waals surface area contributed by atoms with E-state index in [9.17, 15) is 4.79 Å². The maximum Gasteiger partial charge on any atom is 0.223 e. The third kappa shape index (κ3) is 5.53. The van der Waals surface area contributed by atoms with Gasteiger partial charge in [-0.25, -0.2) is 0 Å². The number of hydrogen-bond acceptors (Lipinski definition) is 3. The fourth-order valence-corrected chi connectivity index (χ4v) is 4.19. The largest absolute Gasteiger partial charge is 0.497 e. The molecule has 0 N–H and O–H groups in total. The van der Waals surface area contributed by atoms with Crippen molar-refractivity contribution in [3.63, 3.8) is 0 Å². The van der Waals surface area contributed by atoms with E-state index < -0.39 is 0 Å². The van der Waals surface area contributed by atoms with Gasteiger partial charge in [0, 0.05) is 13.0 Å². The number of hydrogen-bond donors (Lipinski definition) is 0. The number of likely N-dealkylation sites (tertiary alicyclic amines) is 1. The van der Waals surface area contributed by atoms with E-state index in [0.717, 1.165) is 29.7 Å². The lowest BCUT2D eigenvalue weighted by atomic mass is 9.91. The van der Waals surface area contributed by atoms with Crippen molar-refractivity contribution < 1.29 is 14.3 Å². The molecule has 0 bridgehead atoms. The fraction of sp³-hybridized carbons (Fsp3) is 0.296. The molecule has 4 nitrogen and oxygen atoms in total. The number of nitrogens with zero attached hydrogens (tertiary/aromatic N) is 1. The molecular weight excluding hydrogens is 386 g/mol. The molecule has 1 amide bonds. The molecule has 0 aromatic heterocycles. The normalized spacial score (nSPS) is 18.7. The summed E-state index contributed by atoms with van der Waals surface area (Å²) in [5.74, 6) is 1.01. The van der Waals surface area contributed by atoms with Crippen LogP contribution in [0, 0.1) is 0 Å². The van der Waals surface area contributed by atoms with E-state index in [1.54, 1.807) is 7.11 Å². The number of piperidine rings is 1. The van der Waals surface area contributed by atoms with Crippen LogP contribution in [0.1, 0.15) is 29.5 Å². The van der Waals surface area contributed by atoms with Crippen molar-refractivity contribution in [2.24, 2.45) is 0 Å².